The van der Waals surface area contributed by atoms with Crippen LogP contribution in [0.25, 0.3) is 11.2 Å². The number of nitrogens with one attached hydrogen (secondary N) is 1. The zero-order valence-electron chi connectivity index (χ0n) is 12.3. The molecule has 3 heterocycles. The van der Waals surface area contributed by atoms with Crippen molar-refractivity contribution in [2.24, 2.45) is 0 Å². The van der Waals surface area contributed by atoms with Crippen LogP contribution in [-0.2, 0) is 4.74 Å². The SMILES string of the molecule is CNC.Nc1ncnc2c1ncn2[C@@H]1O[C@H](CO)[C@@H](O)[C@H]1O. The van der Waals surface area contributed by atoms with E-state index in [0.717, 1.165) is 0 Å². The van der Waals surface area contributed by atoms with Crippen LogP contribution >= 0.6 is 0 Å². The first-order valence-corrected chi connectivity index (χ1v) is 6.69. The molecule has 0 bridgehead atoms. The minimum Gasteiger partial charge on any atom is -0.394 e. The van der Waals surface area contributed by atoms with Crippen molar-refractivity contribution in [2.45, 2.75) is 24.5 Å². The van der Waals surface area contributed by atoms with Crippen LogP contribution in [-0.4, -0.2) is 73.9 Å². The highest BCUT2D eigenvalue weighted by Crippen LogP contribution is 2.31. The molecule has 2 aromatic heterocycles. The number of imidazole rings is 1. The molecular formula is C12H20N6O4. The van der Waals surface area contributed by atoms with Gasteiger partial charge < -0.3 is 31.1 Å². The lowest BCUT2D eigenvalue weighted by atomic mass is 10.1. The van der Waals surface area contributed by atoms with Gasteiger partial charge in [0.1, 0.15) is 30.2 Å². The van der Waals surface area contributed by atoms with Crippen LogP contribution < -0.4 is 11.1 Å². The molecule has 0 unspecified atom stereocenters. The fourth-order valence-corrected chi connectivity index (χ4v) is 2.17. The van der Waals surface area contributed by atoms with Gasteiger partial charge in [0.15, 0.2) is 17.7 Å². The quantitative estimate of drug-likeness (QED) is 0.418. The van der Waals surface area contributed by atoms with Crippen LogP contribution in [0, 0.1) is 0 Å². The van der Waals surface area contributed by atoms with Gasteiger partial charge in [0.05, 0.1) is 12.9 Å². The second-order valence-electron chi connectivity index (χ2n) is 4.81. The van der Waals surface area contributed by atoms with Gasteiger partial charge in [-0.3, -0.25) is 4.57 Å². The van der Waals surface area contributed by atoms with Crippen LogP contribution in [0.1, 0.15) is 6.23 Å². The van der Waals surface area contributed by atoms with Crippen LogP contribution in [0.5, 0.6) is 0 Å². The van der Waals surface area contributed by atoms with Gasteiger partial charge in [-0.1, -0.05) is 0 Å². The molecule has 1 saturated heterocycles. The first-order chi connectivity index (χ1) is 10.5. The molecule has 3 rings (SSSR count). The van der Waals surface area contributed by atoms with Crippen LogP contribution in [0.15, 0.2) is 12.7 Å². The predicted molar refractivity (Wildman–Crippen MR) is 77.7 cm³/mol. The highest BCUT2D eigenvalue weighted by Gasteiger charge is 2.43. The molecule has 22 heavy (non-hydrogen) atoms. The van der Waals surface area contributed by atoms with Crippen molar-refractivity contribution in [1.29, 1.82) is 0 Å². The molecule has 0 amide bonds. The fraction of sp³-hybridized carbons (Fsp3) is 0.583. The number of nitrogens with zero attached hydrogens (tertiary/aromatic N) is 4. The lowest BCUT2D eigenvalue weighted by Gasteiger charge is -2.16. The maximum atomic E-state index is 9.95. The fourth-order valence-electron chi connectivity index (χ4n) is 2.17. The van der Waals surface area contributed by atoms with Crippen molar-refractivity contribution in [3.63, 3.8) is 0 Å². The molecule has 6 N–H and O–H groups in total. The molecule has 0 aliphatic carbocycles. The third-order valence-corrected chi connectivity index (χ3v) is 3.18. The number of nitrogen functional groups attached to an aromatic ring is 1. The third kappa shape index (κ3) is 2.87. The van der Waals surface area contributed by atoms with Crippen molar-refractivity contribution in [2.75, 3.05) is 26.4 Å². The Kier molecular flexibility index (Phi) is 5.21. The summed E-state index contributed by atoms with van der Waals surface area (Å²) in [4.78, 5) is 11.9. The average Bonchev–Trinajstić information content (AvgIpc) is 3.04. The van der Waals surface area contributed by atoms with Gasteiger partial charge >= 0.3 is 0 Å². The average molecular weight is 312 g/mol. The largest absolute Gasteiger partial charge is 0.394 e. The Morgan fingerprint density at radius 1 is 1.27 bits per heavy atom. The van der Waals surface area contributed by atoms with Crippen molar-refractivity contribution >= 4 is 17.0 Å². The first kappa shape index (κ1) is 16.5. The molecule has 0 radical (unpaired) electrons. The Morgan fingerprint density at radius 2 is 1.95 bits per heavy atom. The van der Waals surface area contributed by atoms with Gasteiger partial charge in [-0.05, 0) is 14.1 Å². The number of anilines is 1. The van der Waals surface area contributed by atoms with Gasteiger partial charge in [-0.2, -0.15) is 0 Å². The Balaban J connectivity index is 0.000000545. The van der Waals surface area contributed by atoms with Crippen molar-refractivity contribution in [3.8, 4) is 0 Å². The second-order valence-corrected chi connectivity index (χ2v) is 4.81. The Labute approximate surface area is 126 Å². The molecule has 1 aliphatic heterocycles. The van der Waals surface area contributed by atoms with Gasteiger partial charge in [0, 0.05) is 0 Å². The summed E-state index contributed by atoms with van der Waals surface area (Å²) in [7, 11) is 3.75. The number of ether oxygens (including phenoxy) is 1. The Morgan fingerprint density at radius 3 is 2.55 bits per heavy atom. The third-order valence-electron chi connectivity index (χ3n) is 3.18. The summed E-state index contributed by atoms with van der Waals surface area (Å²) >= 11 is 0. The van der Waals surface area contributed by atoms with Crippen LogP contribution in [0.2, 0.25) is 0 Å². The summed E-state index contributed by atoms with van der Waals surface area (Å²) < 4.78 is 6.85. The lowest BCUT2D eigenvalue weighted by Crippen LogP contribution is -2.33. The van der Waals surface area contributed by atoms with E-state index in [1.807, 2.05) is 14.1 Å². The number of hydrogen-bond acceptors (Lipinski definition) is 9. The summed E-state index contributed by atoms with van der Waals surface area (Å²) in [6, 6.07) is 0. The summed E-state index contributed by atoms with van der Waals surface area (Å²) in [5, 5.41) is 31.5. The van der Waals surface area contributed by atoms with E-state index in [0.29, 0.717) is 11.2 Å². The zero-order valence-corrected chi connectivity index (χ0v) is 12.3. The molecule has 0 spiro atoms. The minimum atomic E-state index is -1.19. The minimum absolute atomic E-state index is 0.218. The van der Waals surface area contributed by atoms with Crippen LogP contribution in [0.3, 0.4) is 0 Å². The van der Waals surface area contributed by atoms with E-state index in [-0.39, 0.29) is 5.82 Å². The molecule has 1 fully saturated rings. The van der Waals surface area contributed by atoms with Crippen molar-refractivity contribution in [3.05, 3.63) is 12.7 Å². The summed E-state index contributed by atoms with van der Waals surface area (Å²) in [6.45, 7) is -0.390. The molecule has 4 atom stereocenters. The van der Waals surface area contributed by atoms with Gasteiger partial charge in [0.2, 0.25) is 0 Å². The number of aliphatic hydroxyl groups is 3. The lowest BCUT2D eigenvalue weighted by molar-refractivity contribution is -0.0511. The molecule has 122 valence electrons. The first-order valence-electron chi connectivity index (χ1n) is 6.69. The van der Waals surface area contributed by atoms with E-state index in [9.17, 15) is 10.2 Å². The molecule has 10 heteroatoms. The normalized spacial score (nSPS) is 27.7. The highest BCUT2D eigenvalue weighted by atomic mass is 16.6. The predicted octanol–water partition coefficient (Wildman–Crippen LogP) is -2.14. The highest BCUT2D eigenvalue weighted by molar-refractivity contribution is 5.81. The van der Waals surface area contributed by atoms with E-state index >= 15 is 0 Å². The van der Waals surface area contributed by atoms with Gasteiger partial charge in [-0.15, -0.1) is 0 Å². The Hall–Kier alpha value is -1.85. The van der Waals surface area contributed by atoms with E-state index in [2.05, 4.69) is 20.3 Å². The summed E-state index contributed by atoms with van der Waals surface area (Å²) in [6.07, 6.45) is -1.42. The van der Waals surface area contributed by atoms with E-state index in [1.54, 1.807) is 0 Å². The van der Waals surface area contributed by atoms with Crippen LogP contribution in [0.4, 0.5) is 5.82 Å². The number of fused-ring (bicyclic) bond motifs is 1. The zero-order chi connectivity index (χ0) is 16.3. The molecule has 2 aromatic rings. The second kappa shape index (κ2) is 6.94. The monoisotopic (exact) mass is 312 g/mol. The van der Waals surface area contributed by atoms with E-state index < -0.39 is 31.1 Å². The molecule has 0 aromatic carbocycles. The number of rotatable bonds is 2. The molecule has 1 aliphatic rings. The van der Waals surface area contributed by atoms with Crippen molar-refractivity contribution in [1.82, 2.24) is 24.8 Å². The number of aromatic nitrogens is 4. The Bertz CT molecular complexity index is 621. The topological polar surface area (TPSA) is 152 Å². The van der Waals surface area contributed by atoms with Gasteiger partial charge in [-0.25, -0.2) is 15.0 Å². The number of aliphatic hydroxyl groups excluding tert-OH is 3. The molecule has 0 saturated carbocycles. The summed E-state index contributed by atoms with van der Waals surface area (Å²) in [5.41, 5.74) is 6.44. The standard InChI is InChI=1S/C10H13N5O4.C2H7N/c11-8-5-9(13-2-12-8)15(3-14-5)10-7(18)6(17)4(1-16)19-10;1-3-2/h2-4,6-7,10,16-18H,1H2,(H2,11,12,13);3H,1-2H3/t4-,6-,7-,10-;/m1./s1. The number of hydrogen-bond donors (Lipinski definition) is 5. The maximum absolute atomic E-state index is 9.95. The molecular weight excluding hydrogens is 292 g/mol. The van der Waals surface area contributed by atoms with E-state index in [4.69, 9.17) is 15.6 Å². The summed E-state index contributed by atoms with van der Waals surface area (Å²) in [5.74, 6) is 0.218. The number of nitrogens with two attached hydrogens (primary N) is 1. The molecule has 10 nitrogen and oxygen atoms in total. The van der Waals surface area contributed by atoms with Crippen molar-refractivity contribution < 1.29 is 20.1 Å². The van der Waals surface area contributed by atoms with E-state index in [1.165, 1.54) is 17.2 Å². The maximum Gasteiger partial charge on any atom is 0.167 e. The smallest absolute Gasteiger partial charge is 0.167 e. The van der Waals surface area contributed by atoms with Gasteiger partial charge in [0.25, 0.3) is 0 Å².